The standard InChI is InChI=1S/C15H11BrFN3O4/c1-6-3-8(17)10(16)9(14(21)22)12(6)20-5-7(4-18)11(19)13(20)15(23)24-2/h3,5H,19H2,1-2H3,(H,21,22). The van der Waals surface area contributed by atoms with Crippen molar-refractivity contribution in [2.45, 2.75) is 6.92 Å². The number of methoxy groups -OCH3 is 1. The highest BCUT2D eigenvalue weighted by Gasteiger charge is 2.28. The normalized spacial score (nSPS) is 10.3. The van der Waals surface area contributed by atoms with Gasteiger partial charge in [0.25, 0.3) is 0 Å². The van der Waals surface area contributed by atoms with Gasteiger partial charge in [-0.3, -0.25) is 0 Å². The Bertz CT molecular complexity index is 915. The highest BCUT2D eigenvalue weighted by atomic mass is 79.9. The van der Waals surface area contributed by atoms with Crippen LogP contribution in [0.15, 0.2) is 16.7 Å². The Balaban J connectivity index is 2.98. The van der Waals surface area contributed by atoms with Crippen LogP contribution in [0.25, 0.3) is 5.69 Å². The SMILES string of the molecule is COC(=O)c1c(N)c(C#N)cn1-c1c(C)cc(F)c(Br)c1C(=O)O. The van der Waals surface area contributed by atoms with Crippen LogP contribution in [-0.2, 0) is 4.74 Å². The zero-order chi connectivity index (χ0) is 18.2. The molecule has 0 aliphatic heterocycles. The molecular formula is C15H11BrFN3O4. The number of hydrogen-bond donors (Lipinski definition) is 2. The van der Waals surface area contributed by atoms with Gasteiger partial charge in [0.2, 0.25) is 0 Å². The van der Waals surface area contributed by atoms with Crippen LogP contribution in [0.4, 0.5) is 10.1 Å². The van der Waals surface area contributed by atoms with Gasteiger partial charge in [-0.1, -0.05) is 0 Å². The number of benzene rings is 1. The minimum Gasteiger partial charge on any atom is -0.478 e. The average molecular weight is 396 g/mol. The van der Waals surface area contributed by atoms with Gasteiger partial charge >= 0.3 is 11.9 Å². The second-order valence-electron chi connectivity index (χ2n) is 4.80. The summed E-state index contributed by atoms with van der Waals surface area (Å²) < 4.78 is 19.4. The summed E-state index contributed by atoms with van der Waals surface area (Å²) in [6, 6.07) is 2.92. The second kappa shape index (κ2) is 6.33. The van der Waals surface area contributed by atoms with E-state index in [1.54, 1.807) is 0 Å². The van der Waals surface area contributed by atoms with Crippen molar-refractivity contribution in [3.05, 3.63) is 44.9 Å². The number of anilines is 1. The van der Waals surface area contributed by atoms with Crippen LogP contribution in [0.2, 0.25) is 0 Å². The molecule has 0 atom stereocenters. The Morgan fingerprint density at radius 1 is 1.50 bits per heavy atom. The molecule has 9 heteroatoms. The Kier molecular flexibility index (Phi) is 4.61. The third kappa shape index (κ3) is 2.61. The summed E-state index contributed by atoms with van der Waals surface area (Å²) in [6.07, 6.45) is 1.21. The highest BCUT2D eigenvalue weighted by molar-refractivity contribution is 9.10. The smallest absolute Gasteiger partial charge is 0.357 e. The van der Waals surface area contributed by atoms with E-state index in [9.17, 15) is 19.1 Å². The minimum absolute atomic E-state index is 0.00405. The lowest BCUT2D eigenvalue weighted by molar-refractivity contribution is 0.0590. The number of nitrogens with zero attached hydrogens (tertiary/aromatic N) is 2. The number of aromatic carboxylic acids is 1. The lowest BCUT2D eigenvalue weighted by Gasteiger charge is -2.16. The number of nitriles is 1. The number of carbonyl (C=O) groups excluding carboxylic acids is 1. The predicted octanol–water partition coefficient (Wildman–Crippen LogP) is 2.63. The summed E-state index contributed by atoms with van der Waals surface area (Å²) >= 11 is 2.90. The first-order valence-electron chi connectivity index (χ1n) is 6.46. The number of hydrogen-bond acceptors (Lipinski definition) is 5. The number of rotatable bonds is 3. The van der Waals surface area contributed by atoms with Gasteiger partial charge in [-0.25, -0.2) is 14.0 Å². The van der Waals surface area contributed by atoms with Gasteiger partial charge in [0.05, 0.1) is 28.5 Å². The third-order valence-electron chi connectivity index (χ3n) is 3.38. The van der Waals surface area contributed by atoms with Gasteiger partial charge in [-0.2, -0.15) is 5.26 Å². The Morgan fingerprint density at radius 2 is 2.12 bits per heavy atom. The van der Waals surface area contributed by atoms with Crippen LogP contribution < -0.4 is 5.73 Å². The molecular weight excluding hydrogens is 385 g/mol. The monoisotopic (exact) mass is 395 g/mol. The number of aryl methyl sites for hydroxylation is 1. The molecule has 0 saturated heterocycles. The third-order valence-corrected chi connectivity index (χ3v) is 4.16. The van der Waals surface area contributed by atoms with Crippen molar-refractivity contribution in [1.82, 2.24) is 4.57 Å². The van der Waals surface area contributed by atoms with E-state index in [-0.39, 0.29) is 32.7 Å². The number of aromatic nitrogens is 1. The van der Waals surface area contributed by atoms with Gasteiger partial charge in [-0.15, -0.1) is 0 Å². The van der Waals surface area contributed by atoms with Crippen LogP contribution in [-0.4, -0.2) is 28.7 Å². The van der Waals surface area contributed by atoms with Gasteiger partial charge in [0, 0.05) is 6.20 Å². The average Bonchev–Trinajstić information content (AvgIpc) is 2.85. The summed E-state index contributed by atoms with van der Waals surface area (Å²) in [5.41, 5.74) is 5.23. The van der Waals surface area contributed by atoms with Crippen molar-refractivity contribution in [2.75, 3.05) is 12.8 Å². The largest absolute Gasteiger partial charge is 0.478 e. The number of carboxylic acids is 1. The second-order valence-corrected chi connectivity index (χ2v) is 5.59. The number of ether oxygens (including phenoxy) is 1. The molecule has 0 aliphatic carbocycles. The lowest BCUT2D eigenvalue weighted by atomic mass is 10.1. The van der Waals surface area contributed by atoms with Crippen molar-refractivity contribution in [3.63, 3.8) is 0 Å². The number of halogens is 2. The molecule has 7 nitrogen and oxygen atoms in total. The molecule has 0 saturated carbocycles. The van der Waals surface area contributed by atoms with Gasteiger partial charge in [0.1, 0.15) is 17.4 Å². The molecule has 3 N–H and O–H groups in total. The molecule has 0 amide bonds. The Labute approximate surface area is 144 Å². The van der Waals surface area contributed by atoms with Crippen LogP contribution in [0, 0.1) is 24.1 Å². The summed E-state index contributed by atoms with van der Waals surface area (Å²) in [6.45, 7) is 1.47. The highest BCUT2D eigenvalue weighted by Crippen LogP contribution is 2.33. The molecule has 24 heavy (non-hydrogen) atoms. The van der Waals surface area contributed by atoms with E-state index >= 15 is 0 Å². The summed E-state index contributed by atoms with van der Waals surface area (Å²) in [5, 5.41) is 18.6. The molecule has 1 aromatic heterocycles. The quantitative estimate of drug-likeness (QED) is 0.770. The minimum atomic E-state index is -1.42. The maximum Gasteiger partial charge on any atom is 0.357 e. The summed E-state index contributed by atoms with van der Waals surface area (Å²) in [7, 11) is 1.12. The summed E-state index contributed by atoms with van der Waals surface area (Å²) in [4.78, 5) is 23.6. The van der Waals surface area contributed by atoms with Crippen molar-refractivity contribution < 1.29 is 23.8 Å². The van der Waals surface area contributed by atoms with E-state index in [0.29, 0.717) is 0 Å². The fourth-order valence-corrected chi connectivity index (χ4v) is 2.81. The number of esters is 1. The van der Waals surface area contributed by atoms with E-state index in [1.807, 2.05) is 6.07 Å². The fourth-order valence-electron chi connectivity index (χ4n) is 2.34. The van der Waals surface area contributed by atoms with E-state index in [2.05, 4.69) is 20.7 Å². The topological polar surface area (TPSA) is 118 Å². The van der Waals surface area contributed by atoms with Crippen molar-refractivity contribution in [3.8, 4) is 11.8 Å². The number of nitrogen functional groups attached to an aromatic ring is 1. The number of carboxylic acid groups (broad SMARTS) is 1. The van der Waals surface area contributed by atoms with Crippen molar-refractivity contribution in [2.24, 2.45) is 0 Å². The van der Waals surface area contributed by atoms with Crippen molar-refractivity contribution in [1.29, 1.82) is 5.26 Å². The predicted molar refractivity (Wildman–Crippen MR) is 85.6 cm³/mol. The first-order valence-corrected chi connectivity index (χ1v) is 7.25. The zero-order valence-electron chi connectivity index (χ0n) is 12.6. The van der Waals surface area contributed by atoms with E-state index < -0.39 is 23.3 Å². The molecule has 0 radical (unpaired) electrons. The van der Waals surface area contributed by atoms with Crippen LogP contribution >= 0.6 is 15.9 Å². The number of nitrogens with two attached hydrogens (primary N) is 1. The molecule has 124 valence electrons. The first-order chi connectivity index (χ1) is 11.2. The van der Waals surface area contributed by atoms with Gasteiger partial charge < -0.3 is 20.1 Å². The van der Waals surface area contributed by atoms with E-state index in [1.165, 1.54) is 13.1 Å². The molecule has 0 aliphatic rings. The molecule has 1 heterocycles. The fraction of sp³-hybridized carbons (Fsp3) is 0.133. The van der Waals surface area contributed by atoms with Crippen LogP contribution in [0.3, 0.4) is 0 Å². The van der Waals surface area contributed by atoms with Gasteiger partial charge in [-0.05, 0) is 34.5 Å². The molecule has 0 spiro atoms. The Morgan fingerprint density at radius 3 is 2.62 bits per heavy atom. The maximum absolute atomic E-state index is 13.9. The summed E-state index contributed by atoms with van der Waals surface area (Å²) in [5.74, 6) is -3.04. The molecule has 2 rings (SSSR count). The van der Waals surface area contributed by atoms with Crippen molar-refractivity contribution >= 4 is 33.6 Å². The number of carbonyl (C=O) groups is 2. The Hall–Kier alpha value is -2.86. The zero-order valence-corrected chi connectivity index (χ0v) is 14.1. The maximum atomic E-state index is 13.9. The van der Waals surface area contributed by atoms with Crippen LogP contribution in [0.5, 0.6) is 0 Å². The first kappa shape index (κ1) is 17.5. The van der Waals surface area contributed by atoms with Crippen LogP contribution in [0.1, 0.15) is 32.0 Å². The van der Waals surface area contributed by atoms with E-state index in [0.717, 1.165) is 17.7 Å². The molecule has 0 bridgehead atoms. The molecule has 0 fully saturated rings. The van der Waals surface area contributed by atoms with E-state index in [4.69, 9.17) is 11.0 Å². The van der Waals surface area contributed by atoms with Gasteiger partial charge in [0.15, 0.2) is 5.69 Å². The molecule has 0 unspecified atom stereocenters. The molecule has 1 aromatic carbocycles. The lowest BCUT2D eigenvalue weighted by Crippen LogP contribution is -2.15. The molecule has 2 aromatic rings.